The first-order valence-corrected chi connectivity index (χ1v) is 7.84. The largest absolute Gasteiger partial charge is 0.379 e. The number of aliphatic hydroxyl groups excluding tert-OH is 1. The summed E-state index contributed by atoms with van der Waals surface area (Å²) in [6.45, 7) is 2.21. The average Bonchev–Trinajstić information content (AvgIpc) is 2.53. The summed E-state index contributed by atoms with van der Waals surface area (Å²) in [5.74, 6) is 0. The highest BCUT2D eigenvalue weighted by Gasteiger charge is 2.29. The molecule has 0 aromatic rings. The molecule has 3 heteroatoms. The number of hydrogen-bond acceptors (Lipinski definition) is 3. The highest BCUT2D eigenvalue weighted by atomic mass is 16.3. The molecule has 0 spiro atoms. The van der Waals surface area contributed by atoms with E-state index in [-0.39, 0.29) is 0 Å². The molecule has 0 aliphatic heterocycles. The van der Waals surface area contributed by atoms with Gasteiger partial charge in [0.15, 0.2) is 0 Å². The van der Waals surface area contributed by atoms with Crippen LogP contribution in [-0.4, -0.2) is 22.2 Å². The van der Waals surface area contributed by atoms with E-state index in [1.807, 2.05) is 0 Å². The van der Waals surface area contributed by atoms with Crippen molar-refractivity contribution in [2.75, 3.05) is 0 Å². The Morgan fingerprint density at radius 2 is 1.61 bits per heavy atom. The number of unbranched alkanes of at least 4 members (excludes halogenated alkanes) is 4. The highest BCUT2D eigenvalue weighted by molar-refractivity contribution is 4.79. The van der Waals surface area contributed by atoms with E-state index in [2.05, 4.69) is 12.2 Å². The minimum Gasteiger partial charge on any atom is -0.379 e. The van der Waals surface area contributed by atoms with Crippen LogP contribution in [0.2, 0.25) is 0 Å². The topological polar surface area (TPSA) is 52.5 Å². The van der Waals surface area contributed by atoms with Gasteiger partial charge >= 0.3 is 0 Å². The van der Waals surface area contributed by atoms with Crippen LogP contribution in [0.1, 0.15) is 84.0 Å². The van der Waals surface area contributed by atoms with Gasteiger partial charge in [-0.25, -0.2) is 0 Å². The lowest BCUT2D eigenvalue weighted by Crippen LogP contribution is -2.50. The van der Waals surface area contributed by atoms with Gasteiger partial charge in [0.05, 0.1) is 0 Å². The molecule has 0 amide bonds. The fraction of sp³-hybridized carbons (Fsp3) is 1.00. The number of rotatable bonds is 8. The number of aliphatic hydroxyl groups is 2. The second kappa shape index (κ2) is 8.89. The number of hydrogen-bond donors (Lipinski definition) is 3. The van der Waals surface area contributed by atoms with Crippen LogP contribution >= 0.6 is 0 Å². The zero-order chi connectivity index (χ0) is 13.3. The summed E-state index contributed by atoms with van der Waals surface area (Å²) in [6, 6.07) is 0. The molecule has 0 aromatic carbocycles. The van der Waals surface area contributed by atoms with Crippen molar-refractivity contribution in [1.29, 1.82) is 0 Å². The average molecular weight is 257 g/mol. The summed E-state index contributed by atoms with van der Waals surface area (Å²) >= 11 is 0. The normalized spacial score (nSPS) is 21.5. The lowest BCUT2D eigenvalue weighted by Gasteiger charge is -2.31. The minimum atomic E-state index is -0.820. The Balaban J connectivity index is 2.15. The fourth-order valence-electron chi connectivity index (χ4n) is 2.78. The first kappa shape index (κ1) is 15.9. The van der Waals surface area contributed by atoms with E-state index >= 15 is 0 Å². The van der Waals surface area contributed by atoms with Crippen LogP contribution in [-0.2, 0) is 0 Å². The van der Waals surface area contributed by atoms with Crippen LogP contribution < -0.4 is 5.32 Å². The van der Waals surface area contributed by atoms with E-state index in [4.69, 9.17) is 0 Å². The molecule has 1 unspecified atom stereocenters. The molecular weight excluding hydrogens is 226 g/mol. The summed E-state index contributed by atoms with van der Waals surface area (Å²) in [4.78, 5) is 0. The van der Waals surface area contributed by atoms with E-state index in [0.29, 0.717) is 0 Å². The second-order valence-corrected chi connectivity index (χ2v) is 5.81. The van der Waals surface area contributed by atoms with Crippen molar-refractivity contribution in [3.63, 3.8) is 0 Å². The number of nitrogens with one attached hydrogen (secondary N) is 1. The highest BCUT2D eigenvalue weighted by Crippen LogP contribution is 2.25. The van der Waals surface area contributed by atoms with Gasteiger partial charge in [0.25, 0.3) is 0 Å². The predicted octanol–water partition coefficient (Wildman–Crippen LogP) is 3.30. The van der Waals surface area contributed by atoms with Gasteiger partial charge in [-0.3, -0.25) is 5.32 Å². The first-order valence-electron chi connectivity index (χ1n) is 7.84. The second-order valence-electron chi connectivity index (χ2n) is 5.81. The van der Waals surface area contributed by atoms with Crippen molar-refractivity contribution in [3.8, 4) is 0 Å². The molecule has 1 aliphatic rings. The summed E-state index contributed by atoms with van der Waals surface area (Å²) in [7, 11) is 0. The van der Waals surface area contributed by atoms with Gasteiger partial charge in [-0.2, -0.15) is 0 Å². The molecule has 1 aliphatic carbocycles. The quantitative estimate of drug-likeness (QED) is 0.355. The van der Waals surface area contributed by atoms with Crippen LogP contribution in [0.15, 0.2) is 0 Å². The minimum absolute atomic E-state index is 0.547. The maximum atomic E-state index is 10.4. The zero-order valence-corrected chi connectivity index (χ0v) is 12.0. The molecule has 1 rings (SSSR count). The van der Waals surface area contributed by atoms with Crippen molar-refractivity contribution < 1.29 is 10.2 Å². The van der Waals surface area contributed by atoms with Crippen LogP contribution in [0, 0.1) is 0 Å². The summed E-state index contributed by atoms with van der Waals surface area (Å²) in [5.41, 5.74) is -0.820. The Kier molecular flexibility index (Phi) is 7.87. The van der Waals surface area contributed by atoms with Gasteiger partial charge in [-0.15, -0.1) is 0 Å². The van der Waals surface area contributed by atoms with Crippen molar-refractivity contribution >= 4 is 0 Å². The Morgan fingerprint density at radius 1 is 1.00 bits per heavy atom. The third-order valence-corrected chi connectivity index (χ3v) is 3.95. The van der Waals surface area contributed by atoms with E-state index in [0.717, 1.165) is 38.5 Å². The van der Waals surface area contributed by atoms with Crippen LogP contribution in [0.25, 0.3) is 0 Å². The van der Waals surface area contributed by atoms with Gasteiger partial charge in [0.2, 0.25) is 0 Å². The molecule has 0 radical (unpaired) electrons. The van der Waals surface area contributed by atoms with E-state index in [1.165, 1.54) is 38.5 Å². The third kappa shape index (κ3) is 6.72. The monoisotopic (exact) mass is 257 g/mol. The van der Waals surface area contributed by atoms with Crippen molar-refractivity contribution in [1.82, 2.24) is 5.32 Å². The zero-order valence-electron chi connectivity index (χ0n) is 12.0. The predicted molar refractivity (Wildman–Crippen MR) is 75.2 cm³/mol. The van der Waals surface area contributed by atoms with Crippen LogP contribution in [0.3, 0.4) is 0 Å². The Bertz CT molecular complexity index is 201. The molecule has 0 heterocycles. The van der Waals surface area contributed by atoms with Crippen LogP contribution in [0.5, 0.6) is 0 Å². The van der Waals surface area contributed by atoms with Crippen molar-refractivity contribution in [2.45, 2.75) is 95.9 Å². The van der Waals surface area contributed by atoms with E-state index in [1.54, 1.807) is 0 Å². The molecule has 0 bridgehead atoms. The Labute approximate surface area is 112 Å². The van der Waals surface area contributed by atoms with Crippen molar-refractivity contribution in [2.24, 2.45) is 0 Å². The fourth-order valence-corrected chi connectivity index (χ4v) is 2.78. The standard InChI is InChI=1S/C15H31NO2/c1-2-3-4-5-8-11-14(17)16-15(18)12-9-6-7-10-13-15/h14,16-18H,2-13H2,1H3. The van der Waals surface area contributed by atoms with Gasteiger partial charge < -0.3 is 10.2 Å². The molecule has 18 heavy (non-hydrogen) atoms. The van der Waals surface area contributed by atoms with Gasteiger partial charge in [-0.05, 0) is 38.5 Å². The molecule has 3 N–H and O–H groups in total. The third-order valence-electron chi connectivity index (χ3n) is 3.95. The molecule has 3 nitrogen and oxygen atoms in total. The smallest absolute Gasteiger partial charge is 0.117 e. The molecule has 1 fully saturated rings. The van der Waals surface area contributed by atoms with Crippen molar-refractivity contribution in [3.05, 3.63) is 0 Å². The molecule has 1 saturated carbocycles. The maximum absolute atomic E-state index is 10.4. The maximum Gasteiger partial charge on any atom is 0.117 e. The summed E-state index contributed by atoms with van der Waals surface area (Å²) in [6.07, 6.45) is 12.3. The molecule has 1 atom stereocenters. The molecule has 108 valence electrons. The van der Waals surface area contributed by atoms with E-state index in [9.17, 15) is 10.2 Å². The van der Waals surface area contributed by atoms with E-state index < -0.39 is 12.0 Å². The Morgan fingerprint density at radius 3 is 2.22 bits per heavy atom. The van der Waals surface area contributed by atoms with Gasteiger partial charge in [0, 0.05) is 0 Å². The summed E-state index contributed by atoms with van der Waals surface area (Å²) < 4.78 is 0. The summed E-state index contributed by atoms with van der Waals surface area (Å²) in [5, 5.41) is 23.4. The lowest BCUT2D eigenvalue weighted by molar-refractivity contribution is -0.0592. The first-order chi connectivity index (χ1) is 8.66. The molecule has 0 aromatic heterocycles. The van der Waals surface area contributed by atoms with Crippen LogP contribution in [0.4, 0.5) is 0 Å². The van der Waals surface area contributed by atoms with Gasteiger partial charge in [-0.1, -0.05) is 45.4 Å². The Hall–Kier alpha value is -0.120. The lowest BCUT2D eigenvalue weighted by atomic mass is 10.0. The molecular formula is C15H31NO2. The molecule has 0 saturated heterocycles. The van der Waals surface area contributed by atoms with Gasteiger partial charge in [0.1, 0.15) is 12.0 Å². The SMILES string of the molecule is CCCCCCCC(O)NC1(O)CCCCCC1.